The Morgan fingerprint density at radius 2 is 2.20 bits per heavy atom. The van der Waals surface area contributed by atoms with Gasteiger partial charge in [0.05, 0.1) is 17.7 Å². The average molecular weight is 290 g/mol. The third-order valence-corrected chi connectivity index (χ3v) is 4.04. The smallest absolute Gasteiger partial charge is 0.261 e. The number of hydrogen-bond donors (Lipinski definition) is 2. The molecule has 3 N–H and O–H groups in total. The van der Waals surface area contributed by atoms with Gasteiger partial charge in [-0.25, -0.2) is 0 Å². The molecule has 0 aliphatic heterocycles. The highest BCUT2D eigenvalue weighted by molar-refractivity contribution is 7.12. The predicted octanol–water partition coefficient (Wildman–Crippen LogP) is 2.83. The van der Waals surface area contributed by atoms with E-state index in [0.29, 0.717) is 18.0 Å². The third-order valence-electron chi connectivity index (χ3n) is 3.08. The van der Waals surface area contributed by atoms with Gasteiger partial charge in [0.2, 0.25) is 0 Å². The van der Waals surface area contributed by atoms with Crippen molar-refractivity contribution in [3.05, 3.63) is 45.6 Å². The summed E-state index contributed by atoms with van der Waals surface area (Å²) in [4.78, 5) is 12.9. The first-order chi connectivity index (χ1) is 9.65. The third kappa shape index (κ3) is 3.11. The zero-order valence-corrected chi connectivity index (χ0v) is 12.4. The van der Waals surface area contributed by atoms with Crippen LogP contribution in [-0.2, 0) is 13.0 Å². The molecular formula is C15H18N2O2S. The van der Waals surface area contributed by atoms with Crippen molar-refractivity contribution in [2.45, 2.75) is 19.9 Å². The van der Waals surface area contributed by atoms with Crippen molar-refractivity contribution < 1.29 is 9.53 Å². The summed E-state index contributed by atoms with van der Waals surface area (Å²) in [6.07, 6.45) is 0.863. The van der Waals surface area contributed by atoms with Gasteiger partial charge in [-0.05, 0) is 41.1 Å². The van der Waals surface area contributed by atoms with Gasteiger partial charge in [0.15, 0.2) is 0 Å². The molecule has 0 spiro atoms. The molecule has 0 atom stereocenters. The standard InChI is InChI=1S/C15H18N2O2S/c1-3-11-6-7-20-14(11)15(18)17-9-10-4-5-13(19-2)12(16)8-10/h4-8H,3,9,16H2,1-2H3,(H,17,18). The van der Waals surface area contributed by atoms with Crippen LogP contribution in [0.3, 0.4) is 0 Å². The summed E-state index contributed by atoms with van der Waals surface area (Å²) in [5, 5.41) is 4.86. The second kappa shape index (κ2) is 6.43. The lowest BCUT2D eigenvalue weighted by Crippen LogP contribution is -2.22. The van der Waals surface area contributed by atoms with Crippen LogP contribution in [0.2, 0.25) is 0 Å². The lowest BCUT2D eigenvalue weighted by molar-refractivity contribution is 0.0954. The number of benzene rings is 1. The molecule has 0 fully saturated rings. The number of anilines is 1. The number of hydrogen-bond acceptors (Lipinski definition) is 4. The van der Waals surface area contributed by atoms with Gasteiger partial charge in [0, 0.05) is 6.54 Å². The molecule has 0 aliphatic carbocycles. The van der Waals surface area contributed by atoms with Crippen LogP contribution < -0.4 is 15.8 Å². The van der Waals surface area contributed by atoms with Crippen LogP contribution in [-0.4, -0.2) is 13.0 Å². The lowest BCUT2D eigenvalue weighted by Gasteiger charge is -2.08. The van der Waals surface area contributed by atoms with E-state index in [1.54, 1.807) is 13.2 Å². The molecule has 0 saturated carbocycles. The monoisotopic (exact) mass is 290 g/mol. The van der Waals surface area contributed by atoms with Crippen molar-refractivity contribution in [1.29, 1.82) is 0 Å². The Morgan fingerprint density at radius 3 is 2.85 bits per heavy atom. The van der Waals surface area contributed by atoms with Crippen molar-refractivity contribution in [1.82, 2.24) is 5.32 Å². The number of nitrogen functional groups attached to an aromatic ring is 1. The number of aryl methyl sites for hydroxylation is 1. The summed E-state index contributed by atoms with van der Waals surface area (Å²) in [6, 6.07) is 7.50. The quantitative estimate of drug-likeness (QED) is 0.832. The summed E-state index contributed by atoms with van der Waals surface area (Å²) < 4.78 is 5.10. The van der Waals surface area contributed by atoms with Crippen LogP contribution in [0.1, 0.15) is 27.7 Å². The average Bonchev–Trinajstić information content (AvgIpc) is 2.93. The molecular weight excluding hydrogens is 272 g/mol. The van der Waals surface area contributed by atoms with Gasteiger partial charge in [-0.1, -0.05) is 13.0 Å². The van der Waals surface area contributed by atoms with E-state index >= 15 is 0 Å². The van der Waals surface area contributed by atoms with E-state index in [2.05, 4.69) is 5.32 Å². The first kappa shape index (κ1) is 14.4. The molecule has 4 nitrogen and oxygen atoms in total. The zero-order valence-electron chi connectivity index (χ0n) is 11.6. The van der Waals surface area contributed by atoms with Crippen molar-refractivity contribution >= 4 is 22.9 Å². The summed E-state index contributed by atoms with van der Waals surface area (Å²) in [5.41, 5.74) is 8.45. The summed E-state index contributed by atoms with van der Waals surface area (Å²) in [5.74, 6) is 0.609. The summed E-state index contributed by atoms with van der Waals surface area (Å²) in [7, 11) is 1.58. The normalized spacial score (nSPS) is 10.3. The molecule has 0 bridgehead atoms. The molecule has 0 saturated heterocycles. The largest absolute Gasteiger partial charge is 0.495 e. The topological polar surface area (TPSA) is 64.3 Å². The number of rotatable bonds is 5. The Bertz CT molecular complexity index is 608. The first-order valence-corrected chi connectivity index (χ1v) is 7.30. The minimum Gasteiger partial charge on any atom is -0.495 e. The molecule has 20 heavy (non-hydrogen) atoms. The second-order valence-corrected chi connectivity index (χ2v) is 5.30. The number of amides is 1. The highest BCUT2D eigenvalue weighted by atomic mass is 32.1. The van der Waals surface area contributed by atoms with Gasteiger partial charge in [0.25, 0.3) is 5.91 Å². The lowest BCUT2D eigenvalue weighted by atomic mass is 10.1. The van der Waals surface area contributed by atoms with Gasteiger partial charge in [0.1, 0.15) is 5.75 Å². The molecule has 0 radical (unpaired) electrons. The fraction of sp³-hybridized carbons (Fsp3) is 0.267. The van der Waals surface area contributed by atoms with Gasteiger partial charge in [-0.15, -0.1) is 11.3 Å². The van der Waals surface area contributed by atoms with E-state index in [0.717, 1.165) is 22.4 Å². The van der Waals surface area contributed by atoms with E-state index in [4.69, 9.17) is 10.5 Å². The van der Waals surface area contributed by atoms with Gasteiger partial charge in [-0.3, -0.25) is 4.79 Å². The van der Waals surface area contributed by atoms with Crippen LogP contribution in [0.25, 0.3) is 0 Å². The Kier molecular flexibility index (Phi) is 4.63. The predicted molar refractivity (Wildman–Crippen MR) is 82.3 cm³/mol. The first-order valence-electron chi connectivity index (χ1n) is 6.42. The molecule has 1 amide bonds. The second-order valence-electron chi connectivity index (χ2n) is 4.39. The number of ether oxygens (including phenoxy) is 1. The van der Waals surface area contributed by atoms with Gasteiger partial charge >= 0.3 is 0 Å². The zero-order chi connectivity index (χ0) is 14.5. The number of carbonyl (C=O) groups is 1. The molecule has 106 valence electrons. The number of nitrogens with two attached hydrogens (primary N) is 1. The van der Waals surface area contributed by atoms with Crippen LogP contribution in [0, 0.1) is 0 Å². The van der Waals surface area contributed by atoms with Crippen molar-refractivity contribution in [3.8, 4) is 5.75 Å². The van der Waals surface area contributed by atoms with Gasteiger partial charge in [-0.2, -0.15) is 0 Å². The fourth-order valence-corrected chi connectivity index (χ4v) is 2.88. The van der Waals surface area contributed by atoms with Crippen LogP contribution >= 0.6 is 11.3 Å². The van der Waals surface area contributed by atoms with Crippen LogP contribution in [0.5, 0.6) is 5.75 Å². The Morgan fingerprint density at radius 1 is 1.40 bits per heavy atom. The van der Waals surface area contributed by atoms with Crippen LogP contribution in [0.15, 0.2) is 29.6 Å². The SMILES string of the molecule is CCc1ccsc1C(=O)NCc1ccc(OC)c(N)c1. The molecule has 5 heteroatoms. The van der Waals surface area contributed by atoms with Gasteiger partial charge < -0.3 is 15.8 Å². The van der Waals surface area contributed by atoms with E-state index in [1.165, 1.54) is 11.3 Å². The minimum atomic E-state index is -0.0359. The number of methoxy groups -OCH3 is 1. The highest BCUT2D eigenvalue weighted by Gasteiger charge is 2.11. The van der Waals surface area contributed by atoms with Crippen molar-refractivity contribution in [3.63, 3.8) is 0 Å². The minimum absolute atomic E-state index is 0.0359. The molecule has 2 rings (SSSR count). The molecule has 2 aromatic rings. The highest BCUT2D eigenvalue weighted by Crippen LogP contribution is 2.22. The number of nitrogens with one attached hydrogen (secondary N) is 1. The molecule has 1 aromatic heterocycles. The fourth-order valence-electron chi connectivity index (χ4n) is 1.97. The van der Waals surface area contributed by atoms with E-state index in [1.807, 2.05) is 30.5 Å². The Balaban J connectivity index is 2.02. The Hall–Kier alpha value is -2.01. The molecule has 0 unspecified atom stereocenters. The summed E-state index contributed by atoms with van der Waals surface area (Å²) >= 11 is 1.47. The molecule has 0 aliphatic rings. The van der Waals surface area contributed by atoms with E-state index < -0.39 is 0 Å². The van der Waals surface area contributed by atoms with E-state index in [9.17, 15) is 4.79 Å². The maximum Gasteiger partial charge on any atom is 0.261 e. The Labute approximate surface area is 122 Å². The summed E-state index contributed by atoms with van der Waals surface area (Å²) in [6.45, 7) is 2.50. The number of carbonyl (C=O) groups excluding carboxylic acids is 1. The van der Waals surface area contributed by atoms with E-state index in [-0.39, 0.29) is 5.91 Å². The van der Waals surface area contributed by atoms with Crippen molar-refractivity contribution in [2.75, 3.05) is 12.8 Å². The maximum absolute atomic E-state index is 12.1. The number of thiophene rings is 1. The maximum atomic E-state index is 12.1. The molecule has 1 aromatic carbocycles. The molecule has 1 heterocycles. The van der Waals surface area contributed by atoms with Crippen LogP contribution in [0.4, 0.5) is 5.69 Å². The van der Waals surface area contributed by atoms with Crippen molar-refractivity contribution in [2.24, 2.45) is 0 Å².